The van der Waals surface area contributed by atoms with Gasteiger partial charge in [-0.3, -0.25) is 0 Å². The SMILES string of the molecule is Cc1cc(NCC2CCN(C)CC2)ccc1C#N. The van der Waals surface area contributed by atoms with Crippen molar-refractivity contribution < 1.29 is 0 Å². The Morgan fingerprint density at radius 3 is 2.72 bits per heavy atom. The summed E-state index contributed by atoms with van der Waals surface area (Å²) in [5.74, 6) is 0.775. The number of hydrogen-bond acceptors (Lipinski definition) is 3. The molecule has 0 aliphatic carbocycles. The molecule has 0 atom stereocenters. The molecular weight excluding hydrogens is 222 g/mol. The Bertz CT molecular complexity index is 440. The molecule has 3 nitrogen and oxygen atoms in total. The van der Waals surface area contributed by atoms with Crippen LogP contribution >= 0.6 is 0 Å². The second-order valence-corrected chi connectivity index (χ2v) is 5.27. The fraction of sp³-hybridized carbons (Fsp3) is 0.533. The van der Waals surface area contributed by atoms with Crippen LogP contribution in [0.3, 0.4) is 0 Å². The number of nitrogens with zero attached hydrogens (tertiary/aromatic N) is 2. The van der Waals surface area contributed by atoms with Crippen LogP contribution in [0.15, 0.2) is 18.2 Å². The number of anilines is 1. The first kappa shape index (κ1) is 12.9. The van der Waals surface area contributed by atoms with E-state index in [0.29, 0.717) is 0 Å². The van der Waals surface area contributed by atoms with Gasteiger partial charge in [0.1, 0.15) is 0 Å². The largest absolute Gasteiger partial charge is 0.385 e. The van der Waals surface area contributed by atoms with E-state index in [-0.39, 0.29) is 0 Å². The minimum atomic E-state index is 0.764. The first-order valence-electron chi connectivity index (χ1n) is 6.62. The monoisotopic (exact) mass is 243 g/mol. The van der Waals surface area contributed by atoms with Crippen molar-refractivity contribution >= 4 is 5.69 Å². The van der Waals surface area contributed by atoms with E-state index < -0.39 is 0 Å². The highest BCUT2D eigenvalue weighted by molar-refractivity contribution is 5.51. The van der Waals surface area contributed by atoms with E-state index in [2.05, 4.69) is 29.4 Å². The fourth-order valence-electron chi connectivity index (χ4n) is 2.43. The van der Waals surface area contributed by atoms with Crippen molar-refractivity contribution in [1.82, 2.24) is 4.90 Å². The van der Waals surface area contributed by atoms with Gasteiger partial charge in [0.15, 0.2) is 0 Å². The third kappa shape index (κ3) is 3.24. The van der Waals surface area contributed by atoms with Gasteiger partial charge in [-0.05, 0) is 69.6 Å². The molecule has 1 aliphatic rings. The van der Waals surface area contributed by atoms with Gasteiger partial charge >= 0.3 is 0 Å². The Hall–Kier alpha value is -1.53. The van der Waals surface area contributed by atoms with Crippen molar-refractivity contribution in [1.29, 1.82) is 5.26 Å². The van der Waals surface area contributed by atoms with Gasteiger partial charge in [-0.15, -0.1) is 0 Å². The average Bonchev–Trinajstić information content (AvgIpc) is 2.38. The average molecular weight is 243 g/mol. The number of aryl methyl sites for hydroxylation is 1. The highest BCUT2D eigenvalue weighted by Gasteiger charge is 2.16. The number of likely N-dealkylation sites (tertiary alicyclic amines) is 1. The van der Waals surface area contributed by atoms with E-state index in [9.17, 15) is 0 Å². The van der Waals surface area contributed by atoms with Gasteiger partial charge in [-0.1, -0.05) is 0 Å². The zero-order valence-corrected chi connectivity index (χ0v) is 11.2. The second kappa shape index (κ2) is 5.88. The van der Waals surface area contributed by atoms with Crippen LogP contribution in [0.2, 0.25) is 0 Å². The lowest BCUT2D eigenvalue weighted by molar-refractivity contribution is 0.226. The smallest absolute Gasteiger partial charge is 0.0994 e. The molecule has 0 unspecified atom stereocenters. The maximum atomic E-state index is 8.89. The summed E-state index contributed by atoms with van der Waals surface area (Å²) in [5, 5.41) is 12.4. The van der Waals surface area contributed by atoms with Crippen LogP contribution in [0.4, 0.5) is 5.69 Å². The summed E-state index contributed by atoms with van der Waals surface area (Å²) in [5.41, 5.74) is 2.94. The van der Waals surface area contributed by atoms with Crippen LogP contribution in [0, 0.1) is 24.2 Å². The van der Waals surface area contributed by atoms with Gasteiger partial charge in [0, 0.05) is 12.2 Å². The Balaban J connectivity index is 1.87. The molecule has 1 aromatic rings. The summed E-state index contributed by atoms with van der Waals surface area (Å²) in [7, 11) is 2.19. The van der Waals surface area contributed by atoms with Gasteiger partial charge in [0.2, 0.25) is 0 Å². The minimum absolute atomic E-state index is 0.764. The Labute approximate surface area is 109 Å². The molecular formula is C15H21N3. The zero-order chi connectivity index (χ0) is 13.0. The Morgan fingerprint density at radius 1 is 1.39 bits per heavy atom. The lowest BCUT2D eigenvalue weighted by Gasteiger charge is -2.29. The third-order valence-electron chi connectivity index (χ3n) is 3.78. The minimum Gasteiger partial charge on any atom is -0.385 e. The summed E-state index contributed by atoms with van der Waals surface area (Å²) >= 11 is 0. The molecule has 1 heterocycles. The normalized spacial score (nSPS) is 17.4. The first-order valence-corrected chi connectivity index (χ1v) is 6.62. The third-order valence-corrected chi connectivity index (χ3v) is 3.78. The maximum absolute atomic E-state index is 8.89. The molecule has 0 radical (unpaired) electrons. The van der Waals surface area contributed by atoms with Gasteiger partial charge in [-0.25, -0.2) is 0 Å². The predicted molar refractivity (Wildman–Crippen MR) is 74.6 cm³/mol. The Kier molecular flexibility index (Phi) is 4.22. The van der Waals surface area contributed by atoms with Crippen molar-refractivity contribution in [3.05, 3.63) is 29.3 Å². The van der Waals surface area contributed by atoms with Gasteiger partial charge < -0.3 is 10.2 Å². The number of piperidine rings is 1. The highest BCUT2D eigenvalue weighted by Crippen LogP contribution is 2.19. The number of rotatable bonds is 3. The molecule has 0 spiro atoms. The summed E-state index contributed by atoms with van der Waals surface area (Å²) in [6, 6.07) is 8.16. The molecule has 1 saturated heterocycles. The van der Waals surface area contributed by atoms with E-state index in [4.69, 9.17) is 5.26 Å². The molecule has 18 heavy (non-hydrogen) atoms. The van der Waals surface area contributed by atoms with Crippen LogP contribution in [0.5, 0.6) is 0 Å². The van der Waals surface area contributed by atoms with E-state index in [1.165, 1.54) is 25.9 Å². The van der Waals surface area contributed by atoms with Crippen LogP contribution in [-0.4, -0.2) is 31.6 Å². The van der Waals surface area contributed by atoms with E-state index in [1.807, 2.05) is 19.1 Å². The van der Waals surface area contributed by atoms with Crippen molar-refractivity contribution in [3.8, 4) is 6.07 Å². The second-order valence-electron chi connectivity index (χ2n) is 5.27. The molecule has 1 N–H and O–H groups in total. The number of hydrogen-bond donors (Lipinski definition) is 1. The molecule has 0 bridgehead atoms. The van der Waals surface area contributed by atoms with Crippen LogP contribution in [0.1, 0.15) is 24.0 Å². The lowest BCUT2D eigenvalue weighted by Crippen LogP contribution is -2.32. The van der Waals surface area contributed by atoms with Crippen LogP contribution in [0.25, 0.3) is 0 Å². The van der Waals surface area contributed by atoms with E-state index in [0.717, 1.165) is 29.3 Å². The molecule has 1 fully saturated rings. The predicted octanol–water partition coefficient (Wildman–Crippen LogP) is 2.62. The van der Waals surface area contributed by atoms with Crippen molar-refractivity contribution in [3.63, 3.8) is 0 Å². The van der Waals surface area contributed by atoms with Crippen LogP contribution in [-0.2, 0) is 0 Å². The standard InChI is InChI=1S/C15H21N3/c1-12-9-15(4-3-14(12)10-16)17-11-13-5-7-18(2)8-6-13/h3-4,9,13,17H,5-8,11H2,1-2H3. The molecule has 96 valence electrons. The first-order chi connectivity index (χ1) is 8.69. The molecule has 0 amide bonds. The number of nitrogens with one attached hydrogen (secondary N) is 1. The molecule has 0 aromatic heterocycles. The van der Waals surface area contributed by atoms with Crippen LogP contribution < -0.4 is 5.32 Å². The number of benzene rings is 1. The maximum Gasteiger partial charge on any atom is 0.0994 e. The summed E-state index contributed by atoms with van der Waals surface area (Å²) in [6.07, 6.45) is 2.55. The van der Waals surface area contributed by atoms with Crippen molar-refractivity contribution in [2.24, 2.45) is 5.92 Å². The highest BCUT2D eigenvalue weighted by atomic mass is 15.1. The molecule has 3 heteroatoms. The summed E-state index contributed by atoms with van der Waals surface area (Å²) in [4.78, 5) is 2.39. The Morgan fingerprint density at radius 2 is 2.11 bits per heavy atom. The fourth-order valence-corrected chi connectivity index (χ4v) is 2.43. The summed E-state index contributed by atoms with van der Waals surface area (Å²) < 4.78 is 0. The topological polar surface area (TPSA) is 39.1 Å². The molecule has 0 saturated carbocycles. The van der Waals surface area contributed by atoms with Crippen molar-refractivity contribution in [2.75, 3.05) is 32.0 Å². The summed E-state index contributed by atoms with van der Waals surface area (Å²) in [6.45, 7) is 5.44. The van der Waals surface area contributed by atoms with Gasteiger partial charge in [-0.2, -0.15) is 5.26 Å². The quantitative estimate of drug-likeness (QED) is 0.887. The van der Waals surface area contributed by atoms with Gasteiger partial charge in [0.25, 0.3) is 0 Å². The lowest BCUT2D eigenvalue weighted by atomic mass is 9.97. The van der Waals surface area contributed by atoms with Gasteiger partial charge in [0.05, 0.1) is 11.6 Å². The van der Waals surface area contributed by atoms with E-state index in [1.54, 1.807) is 0 Å². The molecule has 2 rings (SSSR count). The molecule has 1 aromatic carbocycles. The van der Waals surface area contributed by atoms with Crippen molar-refractivity contribution in [2.45, 2.75) is 19.8 Å². The van der Waals surface area contributed by atoms with E-state index >= 15 is 0 Å². The zero-order valence-electron chi connectivity index (χ0n) is 11.2. The molecule has 1 aliphatic heterocycles. The number of nitriles is 1.